The maximum absolute atomic E-state index is 11.6. The van der Waals surface area contributed by atoms with Crippen molar-refractivity contribution in [2.24, 2.45) is 0 Å². The molecule has 1 fully saturated rings. The molecule has 1 N–H and O–H groups in total. The van der Waals surface area contributed by atoms with Gasteiger partial charge in [0, 0.05) is 24.1 Å². The van der Waals surface area contributed by atoms with E-state index in [1.165, 1.54) is 5.56 Å². The van der Waals surface area contributed by atoms with Gasteiger partial charge in [0.1, 0.15) is 0 Å². The van der Waals surface area contributed by atoms with Crippen molar-refractivity contribution in [1.82, 2.24) is 9.78 Å². The van der Waals surface area contributed by atoms with E-state index in [-0.39, 0.29) is 11.8 Å². The van der Waals surface area contributed by atoms with Crippen LogP contribution in [0.4, 0.5) is 5.69 Å². The zero-order chi connectivity index (χ0) is 14.7. The average molecular weight is 305 g/mol. The van der Waals surface area contributed by atoms with E-state index in [2.05, 4.69) is 10.4 Å². The maximum Gasteiger partial charge on any atom is 0.152 e. The first-order chi connectivity index (χ1) is 10.1. The molecule has 1 aromatic carbocycles. The number of sulfone groups is 1. The number of hydrogen-bond acceptors (Lipinski definition) is 4. The highest BCUT2D eigenvalue weighted by Gasteiger charge is 2.24. The molecule has 0 aliphatic carbocycles. The van der Waals surface area contributed by atoms with Crippen LogP contribution in [0.25, 0.3) is 0 Å². The molecule has 1 atom stereocenters. The second kappa shape index (κ2) is 5.89. The second-order valence-corrected chi connectivity index (χ2v) is 7.73. The predicted molar refractivity (Wildman–Crippen MR) is 83.1 cm³/mol. The molecule has 1 aliphatic heterocycles. The van der Waals surface area contributed by atoms with Gasteiger partial charge in [0.05, 0.1) is 18.1 Å². The van der Waals surface area contributed by atoms with Crippen LogP contribution in [-0.2, 0) is 16.4 Å². The standard InChI is InChI=1S/C15H19N3O2S/c19-21(20)10-1-3-15(12-21)17-14-6-4-13(5-7-14)11-18-9-2-8-16-18/h2,4-9,15,17H,1,3,10-12H2. The van der Waals surface area contributed by atoms with Gasteiger partial charge in [-0.1, -0.05) is 12.1 Å². The predicted octanol–water partition coefficient (Wildman–Crippen LogP) is 1.92. The number of hydrogen-bond donors (Lipinski definition) is 1. The van der Waals surface area contributed by atoms with Crippen molar-refractivity contribution in [2.45, 2.75) is 25.4 Å². The highest BCUT2D eigenvalue weighted by molar-refractivity contribution is 7.91. The van der Waals surface area contributed by atoms with E-state index in [1.807, 2.05) is 41.2 Å². The van der Waals surface area contributed by atoms with Gasteiger partial charge in [-0.25, -0.2) is 8.42 Å². The molecule has 0 saturated carbocycles. The number of nitrogens with one attached hydrogen (secondary N) is 1. The van der Waals surface area contributed by atoms with Crippen LogP contribution in [0.2, 0.25) is 0 Å². The van der Waals surface area contributed by atoms with E-state index in [1.54, 1.807) is 6.20 Å². The Hall–Kier alpha value is -1.82. The molecule has 1 unspecified atom stereocenters. The number of benzene rings is 1. The van der Waals surface area contributed by atoms with Crippen LogP contribution in [0.5, 0.6) is 0 Å². The summed E-state index contributed by atoms with van der Waals surface area (Å²) < 4.78 is 25.1. The lowest BCUT2D eigenvalue weighted by Gasteiger charge is -2.24. The van der Waals surface area contributed by atoms with Crippen molar-refractivity contribution in [3.8, 4) is 0 Å². The van der Waals surface area contributed by atoms with Crippen molar-refractivity contribution in [1.29, 1.82) is 0 Å². The Morgan fingerprint density at radius 3 is 2.76 bits per heavy atom. The van der Waals surface area contributed by atoms with Crippen LogP contribution >= 0.6 is 0 Å². The minimum absolute atomic E-state index is 0.0284. The summed E-state index contributed by atoms with van der Waals surface area (Å²) in [5.74, 6) is 0.566. The average Bonchev–Trinajstić information content (AvgIpc) is 2.93. The molecular formula is C15H19N3O2S. The summed E-state index contributed by atoms with van der Waals surface area (Å²) >= 11 is 0. The zero-order valence-corrected chi connectivity index (χ0v) is 12.6. The molecule has 2 heterocycles. The third-order valence-corrected chi connectivity index (χ3v) is 5.51. The smallest absolute Gasteiger partial charge is 0.152 e. The van der Waals surface area contributed by atoms with Gasteiger partial charge in [0.25, 0.3) is 0 Å². The van der Waals surface area contributed by atoms with Crippen molar-refractivity contribution in [3.05, 3.63) is 48.3 Å². The topological polar surface area (TPSA) is 64.0 Å². The Morgan fingerprint density at radius 1 is 1.29 bits per heavy atom. The van der Waals surface area contributed by atoms with E-state index in [0.29, 0.717) is 5.75 Å². The molecule has 1 aliphatic rings. The lowest BCUT2D eigenvalue weighted by atomic mass is 10.1. The monoisotopic (exact) mass is 305 g/mol. The second-order valence-electron chi connectivity index (χ2n) is 5.50. The molecule has 6 heteroatoms. The third-order valence-electron chi connectivity index (χ3n) is 3.69. The molecule has 2 aromatic rings. The van der Waals surface area contributed by atoms with Gasteiger partial charge < -0.3 is 5.32 Å². The van der Waals surface area contributed by atoms with E-state index >= 15 is 0 Å². The molecule has 5 nitrogen and oxygen atoms in total. The van der Waals surface area contributed by atoms with Gasteiger partial charge in [0.15, 0.2) is 9.84 Å². The fraction of sp³-hybridized carbons (Fsp3) is 0.400. The minimum atomic E-state index is -2.87. The van der Waals surface area contributed by atoms with E-state index in [4.69, 9.17) is 0 Å². The SMILES string of the molecule is O=S1(=O)CCCC(Nc2ccc(Cn3cccn3)cc2)C1. The van der Waals surface area contributed by atoms with Crippen LogP contribution in [0.3, 0.4) is 0 Å². The highest BCUT2D eigenvalue weighted by atomic mass is 32.2. The lowest BCUT2D eigenvalue weighted by Crippen LogP contribution is -2.34. The number of nitrogens with zero attached hydrogens (tertiary/aromatic N) is 2. The Kier molecular flexibility index (Phi) is 3.96. The van der Waals surface area contributed by atoms with Crippen molar-refractivity contribution < 1.29 is 8.42 Å². The van der Waals surface area contributed by atoms with Crippen LogP contribution < -0.4 is 5.32 Å². The first kappa shape index (κ1) is 14.1. The van der Waals surface area contributed by atoms with Crippen molar-refractivity contribution in [3.63, 3.8) is 0 Å². The van der Waals surface area contributed by atoms with Gasteiger partial charge in [-0.05, 0) is 36.6 Å². The molecule has 3 rings (SSSR count). The number of rotatable bonds is 4. The molecule has 0 amide bonds. The van der Waals surface area contributed by atoms with E-state index in [0.717, 1.165) is 25.1 Å². The zero-order valence-electron chi connectivity index (χ0n) is 11.8. The Bertz CT molecular complexity index is 678. The number of aromatic nitrogens is 2. The summed E-state index contributed by atoms with van der Waals surface area (Å²) in [5, 5.41) is 7.50. The van der Waals surface area contributed by atoms with E-state index in [9.17, 15) is 8.42 Å². The van der Waals surface area contributed by atoms with Crippen LogP contribution in [0, 0.1) is 0 Å². The van der Waals surface area contributed by atoms with Crippen LogP contribution in [0.1, 0.15) is 18.4 Å². The summed E-state index contributed by atoms with van der Waals surface area (Å²) in [5.41, 5.74) is 2.14. The Labute approximate surface area is 124 Å². The van der Waals surface area contributed by atoms with Crippen molar-refractivity contribution >= 4 is 15.5 Å². The van der Waals surface area contributed by atoms with Crippen LogP contribution in [0.15, 0.2) is 42.7 Å². The lowest BCUT2D eigenvalue weighted by molar-refractivity contribution is 0.562. The molecule has 21 heavy (non-hydrogen) atoms. The van der Waals surface area contributed by atoms with Gasteiger partial charge in [-0.2, -0.15) is 5.10 Å². The summed E-state index contributed by atoms with van der Waals surface area (Å²) in [6.45, 7) is 0.741. The maximum atomic E-state index is 11.6. The van der Waals surface area contributed by atoms with E-state index < -0.39 is 9.84 Å². The Morgan fingerprint density at radius 2 is 2.10 bits per heavy atom. The summed E-state index contributed by atoms with van der Waals surface area (Å²) in [6, 6.07) is 10.0. The highest BCUT2D eigenvalue weighted by Crippen LogP contribution is 2.18. The van der Waals surface area contributed by atoms with Crippen LogP contribution in [-0.4, -0.2) is 35.7 Å². The largest absolute Gasteiger partial charge is 0.381 e. The van der Waals surface area contributed by atoms with Gasteiger partial charge in [0.2, 0.25) is 0 Å². The normalized spacial score (nSPS) is 21.0. The molecule has 1 aromatic heterocycles. The van der Waals surface area contributed by atoms with Crippen molar-refractivity contribution in [2.75, 3.05) is 16.8 Å². The molecule has 0 bridgehead atoms. The molecule has 0 spiro atoms. The molecular weight excluding hydrogens is 286 g/mol. The van der Waals surface area contributed by atoms with Gasteiger partial charge in [-0.3, -0.25) is 4.68 Å². The fourth-order valence-corrected chi connectivity index (χ4v) is 4.30. The minimum Gasteiger partial charge on any atom is -0.381 e. The first-order valence-corrected chi connectivity index (χ1v) is 8.96. The summed E-state index contributed by atoms with van der Waals surface area (Å²) in [6.07, 6.45) is 5.35. The summed E-state index contributed by atoms with van der Waals surface area (Å²) in [4.78, 5) is 0. The summed E-state index contributed by atoms with van der Waals surface area (Å²) in [7, 11) is -2.87. The molecule has 1 saturated heterocycles. The molecule has 112 valence electrons. The third kappa shape index (κ3) is 3.85. The quantitative estimate of drug-likeness (QED) is 0.937. The first-order valence-electron chi connectivity index (χ1n) is 7.14. The van der Waals surface area contributed by atoms with Gasteiger partial charge in [-0.15, -0.1) is 0 Å². The number of anilines is 1. The fourth-order valence-electron chi connectivity index (χ4n) is 2.66. The molecule has 0 radical (unpaired) electrons. The van der Waals surface area contributed by atoms with Gasteiger partial charge >= 0.3 is 0 Å². The Balaban J connectivity index is 1.62.